The van der Waals surface area contributed by atoms with Crippen molar-refractivity contribution in [2.24, 2.45) is 0 Å². The summed E-state index contributed by atoms with van der Waals surface area (Å²) in [6, 6.07) is 7.10. The highest BCUT2D eigenvalue weighted by Crippen LogP contribution is 2.36. The van der Waals surface area contributed by atoms with Crippen LogP contribution in [0.3, 0.4) is 0 Å². The van der Waals surface area contributed by atoms with Gasteiger partial charge in [0, 0.05) is 23.2 Å². The van der Waals surface area contributed by atoms with Gasteiger partial charge in [0.05, 0.1) is 15.7 Å². The molecule has 2 N–H and O–H groups in total. The fourth-order valence-electron chi connectivity index (χ4n) is 1.31. The van der Waals surface area contributed by atoms with E-state index >= 15 is 0 Å². The Morgan fingerprint density at radius 2 is 1.67 bits per heavy atom. The number of benzene rings is 2. The third-order valence-electron chi connectivity index (χ3n) is 2.17. The van der Waals surface area contributed by atoms with E-state index in [-0.39, 0.29) is 16.5 Å². The highest BCUT2D eigenvalue weighted by Gasteiger charge is 2.10. The van der Waals surface area contributed by atoms with Crippen LogP contribution in [0.4, 0.5) is 10.1 Å². The average molecular weight is 307 g/mol. The standard InChI is InChI=1S/C12H7Cl3FNO/c13-6-1-2-7(14)11(3-6)18-12-4-8(15)9(16)5-10(12)17/h1-5H,17H2. The van der Waals surface area contributed by atoms with E-state index in [1.165, 1.54) is 12.1 Å². The number of hydrogen-bond donors (Lipinski definition) is 1. The first-order valence-corrected chi connectivity index (χ1v) is 5.98. The number of halogens is 4. The molecular formula is C12H7Cl3FNO. The summed E-state index contributed by atoms with van der Waals surface area (Å²) in [5.41, 5.74) is 5.74. The normalized spacial score (nSPS) is 10.4. The van der Waals surface area contributed by atoms with Gasteiger partial charge in [0.25, 0.3) is 0 Å². The van der Waals surface area contributed by atoms with Gasteiger partial charge in [0.15, 0.2) is 5.75 Å². The predicted molar refractivity (Wildman–Crippen MR) is 72.4 cm³/mol. The Morgan fingerprint density at radius 1 is 0.944 bits per heavy atom. The first-order chi connectivity index (χ1) is 8.47. The molecule has 0 aliphatic heterocycles. The van der Waals surface area contributed by atoms with Crippen LogP contribution >= 0.6 is 34.8 Å². The lowest BCUT2D eigenvalue weighted by Gasteiger charge is -2.11. The molecule has 0 aliphatic carbocycles. The average Bonchev–Trinajstić information content (AvgIpc) is 2.30. The van der Waals surface area contributed by atoms with Gasteiger partial charge in [-0.15, -0.1) is 0 Å². The molecule has 18 heavy (non-hydrogen) atoms. The van der Waals surface area contributed by atoms with Gasteiger partial charge >= 0.3 is 0 Å². The quantitative estimate of drug-likeness (QED) is 0.778. The van der Waals surface area contributed by atoms with Crippen molar-refractivity contribution in [1.29, 1.82) is 0 Å². The summed E-state index contributed by atoms with van der Waals surface area (Å²) >= 11 is 17.4. The predicted octanol–water partition coefficient (Wildman–Crippen LogP) is 5.16. The van der Waals surface area contributed by atoms with Crippen LogP contribution in [-0.4, -0.2) is 0 Å². The SMILES string of the molecule is Nc1cc(F)c(Cl)cc1Oc1cc(Cl)ccc1Cl. The zero-order valence-corrected chi connectivity index (χ0v) is 11.2. The van der Waals surface area contributed by atoms with E-state index in [2.05, 4.69) is 0 Å². The van der Waals surface area contributed by atoms with Gasteiger partial charge in [0.1, 0.15) is 11.6 Å². The molecule has 0 amide bonds. The number of anilines is 1. The van der Waals surface area contributed by atoms with Crippen molar-refractivity contribution in [3.63, 3.8) is 0 Å². The Balaban J connectivity index is 2.40. The Morgan fingerprint density at radius 3 is 2.39 bits per heavy atom. The van der Waals surface area contributed by atoms with Crippen molar-refractivity contribution in [3.8, 4) is 11.5 Å². The van der Waals surface area contributed by atoms with E-state index in [1.54, 1.807) is 12.1 Å². The minimum absolute atomic E-state index is 0.0858. The van der Waals surface area contributed by atoms with Gasteiger partial charge < -0.3 is 10.5 Å². The monoisotopic (exact) mass is 305 g/mol. The topological polar surface area (TPSA) is 35.2 Å². The molecule has 6 heteroatoms. The van der Waals surface area contributed by atoms with Crippen LogP contribution < -0.4 is 10.5 Å². The number of ether oxygens (including phenoxy) is 1. The minimum Gasteiger partial charge on any atom is -0.454 e. The molecule has 0 spiro atoms. The van der Waals surface area contributed by atoms with Gasteiger partial charge in [-0.25, -0.2) is 4.39 Å². The van der Waals surface area contributed by atoms with Crippen LogP contribution in [0.5, 0.6) is 11.5 Å². The Bertz CT molecular complexity index is 604. The van der Waals surface area contributed by atoms with Crippen LogP contribution in [0.15, 0.2) is 30.3 Å². The molecule has 0 aromatic heterocycles. The molecule has 0 heterocycles. The molecule has 0 saturated heterocycles. The van der Waals surface area contributed by atoms with Gasteiger partial charge in [0.2, 0.25) is 0 Å². The zero-order valence-electron chi connectivity index (χ0n) is 8.88. The van der Waals surface area contributed by atoms with Gasteiger partial charge in [-0.2, -0.15) is 0 Å². The van der Waals surface area contributed by atoms with E-state index < -0.39 is 5.82 Å². The summed E-state index contributed by atoms with van der Waals surface area (Å²) in [6.45, 7) is 0. The number of nitrogens with two attached hydrogens (primary N) is 1. The van der Waals surface area contributed by atoms with Crippen molar-refractivity contribution >= 4 is 40.5 Å². The second kappa shape index (κ2) is 5.22. The largest absolute Gasteiger partial charge is 0.454 e. The smallest absolute Gasteiger partial charge is 0.152 e. The Hall–Kier alpha value is -1.16. The molecule has 0 fully saturated rings. The zero-order chi connectivity index (χ0) is 13.3. The Kier molecular flexibility index (Phi) is 3.85. The molecule has 0 unspecified atom stereocenters. The van der Waals surface area contributed by atoms with Crippen LogP contribution in [0.2, 0.25) is 15.1 Å². The van der Waals surface area contributed by atoms with Gasteiger partial charge in [-0.3, -0.25) is 0 Å². The summed E-state index contributed by atoms with van der Waals surface area (Å²) < 4.78 is 18.6. The Labute approximate surface area is 118 Å². The lowest BCUT2D eigenvalue weighted by molar-refractivity contribution is 0.483. The first kappa shape index (κ1) is 13.3. The molecule has 0 aliphatic rings. The molecule has 2 rings (SSSR count). The molecule has 2 aromatic rings. The summed E-state index contributed by atoms with van der Waals surface area (Å²) in [6.07, 6.45) is 0. The molecule has 0 bridgehead atoms. The van der Waals surface area contributed by atoms with Crippen LogP contribution in [-0.2, 0) is 0 Å². The maximum atomic E-state index is 13.1. The maximum Gasteiger partial charge on any atom is 0.152 e. The lowest BCUT2D eigenvalue weighted by atomic mass is 10.3. The van der Waals surface area contributed by atoms with Crippen LogP contribution in [0, 0.1) is 5.82 Å². The maximum absolute atomic E-state index is 13.1. The van der Waals surface area contributed by atoms with Gasteiger partial charge in [-0.1, -0.05) is 34.8 Å². The molecule has 0 radical (unpaired) electrons. The van der Waals surface area contributed by atoms with Crippen molar-refractivity contribution in [1.82, 2.24) is 0 Å². The van der Waals surface area contributed by atoms with E-state index in [0.29, 0.717) is 15.8 Å². The summed E-state index contributed by atoms with van der Waals surface area (Å²) in [5, 5.41) is 0.734. The third kappa shape index (κ3) is 2.80. The summed E-state index contributed by atoms with van der Waals surface area (Å²) in [5.74, 6) is -0.0807. The second-order valence-corrected chi connectivity index (χ2v) is 4.73. The third-order valence-corrected chi connectivity index (χ3v) is 3.00. The molecule has 0 saturated carbocycles. The molecule has 94 valence electrons. The number of nitrogen functional groups attached to an aromatic ring is 1. The minimum atomic E-state index is -0.612. The highest BCUT2D eigenvalue weighted by atomic mass is 35.5. The fourth-order valence-corrected chi connectivity index (χ4v) is 1.78. The lowest BCUT2D eigenvalue weighted by Crippen LogP contribution is -1.94. The second-order valence-electron chi connectivity index (χ2n) is 3.48. The van der Waals surface area contributed by atoms with Crippen molar-refractivity contribution in [2.45, 2.75) is 0 Å². The van der Waals surface area contributed by atoms with E-state index in [4.69, 9.17) is 45.3 Å². The molecular weight excluding hydrogens is 299 g/mol. The fraction of sp³-hybridized carbons (Fsp3) is 0. The first-order valence-electron chi connectivity index (χ1n) is 4.85. The van der Waals surface area contributed by atoms with Crippen LogP contribution in [0.25, 0.3) is 0 Å². The molecule has 2 nitrogen and oxygen atoms in total. The van der Waals surface area contributed by atoms with E-state index in [1.807, 2.05) is 0 Å². The van der Waals surface area contributed by atoms with E-state index in [0.717, 1.165) is 6.07 Å². The number of rotatable bonds is 2. The van der Waals surface area contributed by atoms with Crippen molar-refractivity contribution in [2.75, 3.05) is 5.73 Å². The molecule has 2 aromatic carbocycles. The van der Waals surface area contributed by atoms with Gasteiger partial charge in [-0.05, 0) is 12.1 Å². The van der Waals surface area contributed by atoms with Crippen LogP contribution in [0.1, 0.15) is 0 Å². The molecule has 0 atom stereocenters. The summed E-state index contributed by atoms with van der Waals surface area (Å²) in [7, 11) is 0. The van der Waals surface area contributed by atoms with Crippen molar-refractivity contribution < 1.29 is 9.13 Å². The summed E-state index contributed by atoms with van der Waals surface area (Å²) in [4.78, 5) is 0. The highest BCUT2D eigenvalue weighted by molar-refractivity contribution is 6.34. The van der Waals surface area contributed by atoms with Crippen molar-refractivity contribution in [3.05, 3.63) is 51.2 Å². The van der Waals surface area contributed by atoms with E-state index in [9.17, 15) is 4.39 Å². The number of hydrogen-bond acceptors (Lipinski definition) is 2.